The molecule has 0 saturated heterocycles. The van der Waals surface area contributed by atoms with Crippen LogP contribution in [-0.4, -0.2) is 65.1 Å². The highest BCUT2D eigenvalue weighted by Gasteiger charge is 2.44. The molecule has 1 aromatic rings. The molecule has 0 spiro atoms. The van der Waals surface area contributed by atoms with Crippen LogP contribution in [0.5, 0.6) is 5.75 Å². The van der Waals surface area contributed by atoms with Gasteiger partial charge in [0.05, 0.1) is 13.7 Å². The van der Waals surface area contributed by atoms with Gasteiger partial charge in [-0.3, -0.25) is 0 Å². The lowest BCUT2D eigenvalue weighted by Crippen LogP contribution is -2.60. The molecule has 0 saturated carbocycles. The molecule has 0 unspecified atom stereocenters. The van der Waals surface area contributed by atoms with Gasteiger partial charge >= 0.3 is 18.0 Å². The summed E-state index contributed by atoms with van der Waals surface area (Å²) < 4.78 is 9.63. The lowest BCUT2D eigenvalue weighted by Gasteiger charge is -2.34. The summed E-state index contributed by atoms with van der Waals surface area (Å²) >= 11 is 0. The molecule has 0 fully saturated rings. The van der Waals surface area contributed by atoms with E-state index in [1.807, 2.05) is 0 Å². The van der Waals surface area contributed by atoms with Crippen LogP contribution in [0.15, 0.2) is 24.3 Å². The van der Waals surface area contributed by atoms with E-state index >= 15 is 0 Å². The van der Waals surface area contributed by atoms with Crippen LogP contribution in [0, 0.1) is 0 Å². The molecular formula is C18H26NO7+. The summed E-state index contributed by atoms with van der Waals surface area (Å²) in [4.78, 5) is 35.4. The van der Waals surface area contributed by atoms with Gasteiger partial charge in [-0.25, -0.2) is 14.1 Å². The maximum Gasteiger partial charge on any atom is 0.517 e. The number of carboxylic acid groups (broad SMARTS) is 2. The number of hydrogen-bond acceptors (Lipinski definition) is 5. The first-order valence-corrected chi connectivity index (χ1v) is 8.13. The van der Waals surface area contributed by atoms with Crippen LogP contribution in [0.25, 0.3) is 0 Å². The Morgan fingerprint density at radius 1 is 1.08 bits per heavy atom. The molecule has 8 heteroatoms. The second-order valence-electron chi connectivity index (χ2n) is 7.05. The first kappa shape index (κ1) is 21.4. The van der Waals surface area contributed by atoms with Crippen LogP contribution in [0.2, 0.25) is 0 Å². The summed E-state index contributed by atoms with van der Waals surface area (Å²) in [6, 6.07) is 7.08. The molecule has 0 atom stereocenters. The quantitative estimate of drug-likeness (QED) is 0.677. The normalized spacial score (nSPS) is 11.7. The molecule has 1 amide bonds. The van der Waals surface area contributed by atoms with E-state index in [-0.39, 0.29) is 13.0 Å². The SMILES string of the molecule is COc1cccc(CC[N+](CC(=O)O)(CC(=O)O)C(=O)OC(C)(C)C)c1. The summed E-state index contributed by atoms with van der Waals surface area (Å²) in [5, 5.41) is 18.5. The van der Waals surface area contributed by atoms with Gasteiger partial charge in [-0.05, 0) is 38.5 Å². The first-order valence-electron chi connectivity index (χ1n) is 8.13. The van der Waals surface area contributed by atoms with Crippen molar-refractivity contribution in [3.63, 3.8) is 0 Å². The highest BCUT2D eigenvalue weighted by atomic mass is 16.6. The van der Waals surface area contributed by atoms with E-state index in [2.05, 4.69) is 0 Å². The zero-order valence-electron chi connectivity index (χ0n) is 15.5. The van der Waals surface area contributed by atoms with Crippen molar-refractivity contribution in [1.29, 1.82) is 0 Å². The lowest BCUT2D eigenvalue weighted by atomic mass is 10.1. The third kappa shape index (κ3) is 6.72. The predicted octanol–water partition coefficient (Wildman–Crippen LogP) is 2.16. The van der Waals surface area contributed by atoms with Crippen molar-refractivity contribution in [2.45, 2.75) is 32.8 Å². The van der Waals surface area contributed by atoms with Crippen molar-refractivity contribution in [3.8, 4) is 5.75 Å². The number of ether oxygens (including phenoxy) is 2. The van der Waals surface area contributed by atoms with Crippen LogP contribution in [0.1, 0.15) is 26.3 Å². The minimum atomic E-state index is -1.28. The number of carboxylic acids is 2. The van der Waals surface area contributed by atoms with E-state index in [9.17, 15) is 24.6 Å². The Morgan fingerprint density at radius 2 is 1.65 bits per heavy atom. The van der Waals surface area contributed by atoms with Crippen LogP contribution < -0.4 is 4.74 Å². The van der Waals surface area contributed by atoms with E-state index in [4.69, 9.17) is 9.47 Å². The van der Waals surface area contributed by atoms with Gasteiger partial charge in [0, 0.05) is 6.42 Å². The summed E-state index contributed by atoms with van der Waals surface area (Å²) in [6.45, 7) is 3.55. The minimum Gasteiger partial charge on any atom is -0.497 e. The fraction of sp³-hybridized carbons (Fsp3) is 0.500. The number of carbonyl (C=O) groups excluding carboxylic acids is 1. The zero-order chi connectivity index (χ0) is 20.0. The molecule has 1 aromatic carbocycles. The Kier molecular flexibility index (Phi) is 7.14. The van der Waals surface area contributed by atoms with Gasteiger partial charge in [-0.1, -0.05) is 12.1 Å². The number of nitrogens with zero attached hydrogens (tertiary/aromatic N) is 1. The molecule has 0 aliphatic carbocycles. The van der Waals surface area contributed by atoms with E-state index in [0.29, 0.717) is 5.75 Å². The van der Waals surface area contributed by atoms with E-state index in [0.717, 1.165) is 5.56 Å². The lowest BCUT2D eigenvalue weighted by molar-refractivity contribution is -0.844. The number of hydrogen-bond donors (Lipinski definition) is 2. The Hall–Kier alpha value is -2.61. The van der Waals surface area contributed by atoms with Crippen LogP contribution in [0.4, 0.5) is 4.79 Å². The predicted molar refractivity (Wildman–Crippen MR) is 93.1 cm³/mol. The van der Waals surface area contributed by atoms with Gasteiger partial charge < -0.3 is 19.7 Å². The molecule has 2 N–H and O–H groups in total. The number of rotatable bonds is 8. The monoisotopic (exact) mass is 368 g/mol. The molecule has 0 radical (unpaired) electrons. The maximum atomic E-state index is 12.7. The number of aliphatic carboxylic acids is 2. The van der Waals surface area contributed by atoms with Crippen molar-refractivity contribution in [2.24, 2.45) is 0 Å². The second-order valence-corrected chi connectivity index (χ2v) is 7.05. The number of quaternary nitrogens is 1. The standard InChI is InChI=1S/C18H25NO7/c1-18(2,3)26-17(24)19(11-15(20)21,12-16(22)23)9-8-13-6-5-7-14(10-13)25-4/h5-7,10H,8-9,11-12H2,1-4H3,(H-,20,21,22,23)/p+1. The van der Waals surface area contributed by atoms with Crippen LogP contribution in [-0.2, 0) is 20.7 Å². The molecule has 8 nitrogen and oxygen atoms in total. The third-order valence-electron chi connectivity index (χ3n) is 3.62. The number of methoxy groups -OCH3 is 1. The molecule has 0 aliphatic heterocycles. The van der Waals surface area contributed by atoms with Gasteiger partial charge in [0.2, 0.25) is 0 Å². The third-order valence-corrected chi connectivity index (χ3v) is 3.62. The Morgan fingerprint density at radius 3 is 2.12 bits per heavy atom. The summed E-state index contributed by atoms with van der Waals surface area (Å²) in [5.41, 5.74) is -0.0701. The number of amides is 1. The Bertz CT molecular complexity index is 648. The van der Waals surface area contributed by atoms with E-state index in [1.165, 1.54) is 7.11 Å². The van der Waals surface area contributed by atoms with Crippen molar-refractivity contribution < 1.29 is 38.6 Å². The van der Waals surface area contributed by atoms with Crippen LogP contribution >= 0.6 is 0 Å². The van der Waals surface area contributed by atoms with Gasteiger partial charge in [0.25, 0.3) is 0 Å². The molecule has 144 valence electrons. The molecular weight excluding hydrogens is 342 g/mol. The smallest absolute Gasteiger partial charge is 0.497 e. The Labute approximate surface area is 152 Å². The zero-order valence-corrected chi connectivity index (χ0v) is 15.5. The average Bonchev–Trinajstić information content (AvgIpc) is 2.50. The molecule has 0 aliphatic rings. The van der Waals surface area contributed by atoms with Gasteiger partial charge in [-0.15, -0.1) is 0 Å². The van der Waals surface area contributed by atoms with Crippen molar-refractivity contribution in [3.05, 3.63) is 29.8 Å². The van der Waals surface area contributed by atoms with Gasteiger partial charge in [0.15, 0.2) is 13.1 Å². The topological polar surface area (TPSA) is 110 Å². The molecule has 26 heavy (non-hydrogen) atoms. The number of benzene rings is 1. The second kappa shape index (κ2) is 8.66. The summed E-state index contributed by atoms with van der Waals surface area (Å²) in [6.07, 6.45) is -0.581. The maximum absolute atomic E-state index is 12.7. The molecule has 0 aromatic heterocycles. The van der Waals surface area contributed by atoms with E-state index < -0.39 is 41.2 Å². The number of carbonyl (C=O) groups is 3. The van der Waals surface area contributed by atoms with Gasteiger partial charge in [-0.2, -0.15) is 4.79 Å². The minimum absolute atomic E-state index is 0.0271. The fourth-order valence-corrected chi connectivity index (χ4v) is 2.48. The highest BCUT2D eigenvalue weighted by Crippen LogP contribution is 2.20. The molecule has 1 rings (SSSR count). The van der Waals surface area contributed by atoms with Crippen molar-refractivity contribution in [2.75, 3.05) is 26.7 Å². The molecule has 0 heterocycles. The summed E-state index contributed by atoms with van der Waals surface area (Å²) in [5.74, 6) is -1.93. The average molecular weight is 368 g/mol. The van der Waals surface area contributed by atoms with Gasteiger partial charge in [0.1, 0.15) is 11.4 Å². The molecule has 0 bridgehead atoms. The summed E-state index contributed by atoms with van der Waals surface area (Å²) in [7, 11) is 1.52. The van der Waals surface area contributed by atoms with Crippen molar-refractivity contribution in [1.82, 2.24) is 0 Å². The Balaban J connectivity index is 3.15. The van der Waals surface area contributed by atoms with E-state index in [1.54, 1.807) is 45.0 Å². The van der Waals surface area contributed by atoms with Crippen molar-refractivity contribution >= 4 is 18.0 Å². The highest BCUT2D eigenvalue weighted by molar-refractivity contribution is 5.75. The van der Waals surface area contributed by atoms with Crippen LogP contribution in [0.3, 0.4) is 0 Å². The first-order chi connectivity index (χ1) is 12.0. The fourth-order valence-electron chi connectivity index (χ4n) is 2.48. The largest absolute Gasteiger partial charge is 0.517 e.